The number of carbonyl (C=O) groups excluding carboxylic acids is 2. The van der Waals surface area contributed by atoms with E-state index in [9.17, 15) is 14.7 Å². The summed E-state index contributed by atoms with van der Waals surface area (Å²) in [6.45, 7) is 7.39. The first-order chi connectivity index (χ1) is 11.7. The van der Waals surface area contributed by atoms with Crippen molar-refractivity contribution >= 4 is 12.0 Å². The summed E-state index contributed by atoms with van der Waals surface area (Å²) in [7, 11) is 0. The van der Waals surface area contributed by atoms with Crippen LogP contribution in [0.1, 0.15) is 52.5 Å². The van der Waals surface area contributed by atoms with Crippen molar-refractivity contribution in [2.75, 3.05) is 13.2 Å². The fourth-order valence-corrected chi connectivity index (χ4v) is 3.83. The molecule has 0 aromatic carbocycles. The number of aromatic nitrogens is 2. The highest BCUT2D eigenvalue weighted by atomic mass is 16.6. The first-order valence-electron chi connectivity index (χ1n) is 8.42. The molecule has 138 valence electrons. The maximum absolute atomic E-state index is 13.0. The van der Waals surface area contributed by atoms with Crippen LogP contribution in [0.4, 0.5) is 4.79 Å². The summed E-state index contributed by atoms with van der Waals surface area (Å²) >= 11 is 0. The van der Waals surface area contributed by atoms with Crippen LogP contribution < -0.4 is 0 Å². The lowest BCUT2D eigenvalue weighted by Gasteiger charge is -2.57. The van der Waals surface area contributed by atoms with E-state index in [-0.39, 0.29) is 24.4 Å². The summed E-state index contributed by atoms with van der Waals surface area (Å²) in [6.07, 6.45) is 1.98. The molecule has 1 spiro atoms. The van der Waals surface area contributed by atoms with Crippen molar-refractivity contribution in [3.63, 3.8) is 0 Å². The Balaban J connectivity index is 1.83. The van der Waals surface area contributed by atoms with Crippen LogP contribution in [-0.4, -0.2) is 67.4 Å². The zero-order valence-corrected chi connectivity index (χ0v) is 14.9. The SMILES string of the molecule is CC1N(C(CO)c2nnco2)C(=O)C12CCCN2C(=O)OC(C)(C)C. The fraction of sp³-hybridized carbons (Fsp3) is 0.750. The lowest BCUT2D eigenvalue weighted by atomic mass is 9.76. The summed E-state index contributed by atoms with van der Waals surface area (Å²) in [6, 6.07) is -1.00. The van der Waals surface area contributed by atoms with Crippen molar-refractivity contribution in [1.29, 1.82) is 0 Å². The number of hydrogen-bond donors (Lipinski definition) is 1. The monoisotopic (exact) mass is 352 g/mol. The molecule has 2 aliphatic heterocycles. The molecule has 9 heteroatoms. The lowest BCUT2D eigenvalue weighted by Crippen LogP contribution is -2.78. The summed E-state index contributed by atoms with van der Waals surface area (Å²) in [5.41, 5.74) is -1.55. The molecule has 2 aliphatic rings. The third-order valence-corrected chi connectivity index (χ3v) is 4.92. The van der Waals surface area contributed by atoms with Gasteiger partial charge in [0.2, 0.25) is 12.3 Å². The van der Waals surface area contributed by atoms with E-state index in [2.05, 4.69) is 10.2 Å². The average molecular weight is 352 g/mol. The number of amides is 2. The van der Waals surface area contributed by atoms with Crippen LogP contribution in [0.15, 0.2) is 10.8 Å². The van der Waals surface area contributed by atoms with Gasteiger partial charge >= 0.3 is 6.09 Å². The third-order valence-electron chi connectivity index (χ3n) is 4.92. The van der Waals surface area contributed by atoms with Crippen LogP contribution in [-0.2, 0) is 9.53 Å². The minimum absolute atomic E-state index is 0.180. The van der Waals surface area contributed by atoms with Crippen LogP contribution in [0.5, 0.6) is 0 Å². The first-order valence-corrected chi connectivity index (χ1v) is 8.42. The van der Waals surface area contributed by atoms with Crippen LogP contribution in [0.2, 0.25) is 0 Å². The van der Waals surface area contributed by atoms with Crippen molar-refractivity contribution in [1.82, 2.24) is 20.0 Å². The molecule has 3 rings (SSSR count). The number of ether oxygens (including phenoxy) is 1. The quantitative estimate of drug-likeness (QED) is 0.811. The minimum Gasteiger partial charge on any atom is -0.444 e. The van der Waals surface area contributed by atoms with Crippen LogP contribution in [0, 0.1) is 0 Å². The summed E-state index contributed by atoms with van der Waals surface area (Å²) in [5, 5.41) is 17.1. The highest BCUT2D eigenvalue weighted by molar-refractivity contribution is 5.97. The molecular formula is C16H24N4O5. The maximum Gasteiger partial charge on any atom is 0.411 e. The fourth-order valence-electron chi connectivity index (χ4n) is 3.83. The zero-order chi connectivity index (χ0) is 18.4. The number of nitrogens with zero attached hydrogens (tertiary/aromatic N) is 4. The van der Waals surface area contributed by atoms with Gasteiger partial charge < -0.3 is 19.2 Å². The standard InChI is InChI=1S/C16H24N4O5/c1-10-16(6-5-7-19(16)14(23)25-15(2,3)4)13(22)20(10)11(8-21)12-18-17-9-24-12/h9-11,21H,5-8H2,1-4H3. The van der Waals surface area contributed by atoms with Crippen LogP contribution in [0.25, 0.3) is 0 Å². The summed E-state index contributed by atoms with van der Waals surface area (Å²) < 4.78 is 10.6. The summed E-state index contributed by atoms with van der Waals surface area (Å²) in [4.78, 5) is 28.7. The van der Waals surface area contributed by atoms with Gasteiger partial charge in [0.25, 0.3) is 5.91 Å². The predicted octanol–water partition coefficient (Wildman–Crippen LogP) is 1.10. The van der Waals surface area contributed by atoms with E-state index in [4.69, 9.17) is 9.15 Å². The second kappa shape index (κ2) is 5.98. The molecule has 0 radical (unpaired) electrons. The van der Waals surface area contributed by atoms with E-state index < -0.39 is 23.3 Å². The van der Waals surface area contributed by atoms with Crippen molar-refractivity contribution in [3.05, 3.63) is 12.3 Å². The highest BCUT2D eigenvalue weighted by Crippen LogP contribution is 2.47. The van der Waals surface area contributed by atoms with Crippen LogP contribution in [0.3, 0.4) is 0 Å². The van der Waals surface area contributed by atoms with Gasteiger partial charge in [-0.25, -0.2) is 4.79 Å². The molecular weight excluding hydrogens is 328 g/mol. The number of aliphatic hydroxyl groups is 1. The Bertz CT molecular complexity index is 656. The van der Waals surface area contributed by atoms with Gasteiger partial charge in [-0.3, -0.25) is 9.69 Å². The molecule has 1 aromatic heterocycles. The number of aliphatic hydroxyl groups excluding tert-OH is 1. The molecule has 3 heterocycles. The van der Waals surface area contributed by atoms with E-state index in [0.717, 1.165) is 12.8 Å². The van der Waals surface area contributed by atoms with E-state index >= 15 is 0 Å². The minimum atomic E-state index is -0.921. The molecule has 2 fully saturated rings. The van der Waals surface area contributed by atoms with Crippen molar-refractivity contribution in [2.24, 2.45) is 0 Å². The van der Waals surface area contributed by atoms with Crippen molar-refractivity contribution < 1.29 is 23.8 Å². The molecule has 1 aromatic rings. The number of rotatable bonds is 3. The Hall–Kier alpha value is -2.16. The first kappa shape index (κ1) is 17.7. The van der Waals surface area contributed by atoms with E-state index in [0.29, 0.717) is 13.0 Å². The van der Waals surface area contributed by atoms with Gasteiger partial charge in [0, 0.05) is 6.54 Å². The Morgan fingerprint density at radius 3 is 2.80 bits per heavy atom. The Morgan fingerprint density at radius 1 is 1.56 bits per heavy atom. The van der Waals surface area contributed by atoms with Gasteiger partial charge in [-0.05, 0) is 40.5 Å². The normalized spacial score (nSPS) is 27.6. The second-order valence-electron chi connectivity index (χ2n) is 7.52. The van der Waals surface area contributed by atoms with Gasteiger partial charge in [-0.15, -0.1) is 10.2 Å². The number of likely N-dealkylation sites (tertiary alicyclic amines) is 2. The number of carbonyl (C=O) groups is 2. The van der Waals surface area contributed by atoms with Gasteiger partial charge in [-0.1, -0.05) is 0 Å². The molecule has 25 heavy (non-hydrogen) atoms. The summed E-state index contributed by atoms with van der Waals surface area (Å²) in [5.74, 6) is -0.0417. The van der Waals surface area contributed by atoms with Crippen molar-refractivity contribution in [3.8, 4) is 0 Å². The van der Waals surface area contributed by atoms with E-state index in [1.165, 1.54) is 9.80 Å². The van der Waals surface area contributed by atoms with Gasteiger partial charge in [0.15, 0.2) is 0 Å². The Labute approximate surface area is 145 Å². The molecule has 0 bridgehead atoms. The number of β-lactam (4-membered cyclic amide) rings is 1. The zero-order valence-electron chi connectivity index (χ0n) is 14.9. The largest absolute Gasteiger partial charge is 0.444 e. The van der Waals surface area contributed by atoms with Gasteiger partial charge in [-0.2, -0.15) is 0 Å². The van der Waals surface area contributed by atoms with Crippen LogP contribution >= 0.6 is 0 Å². The molecule has 3 unspecified atom stereocenters. The van der Waals surface area contributed by atoms with Gasteiger partial charge in [0.1, 0.15) is 17.2 Å². The molecule has 3 atom stereocenters. The third kappa shape index (κ3) is 2.66. The van der Waals surface area contributed by atoms with Gasteiger partial charge in [0.05, 0.1) is 12.6 Å². The average Bonchev–Trinajstić information content (AvgIpc) is 3.20. The number of hydrogen-bond acceptors (Lipinski definition) is 7. The topological polar surface area (TPSA) is 109 Å². The molecule has 2 amide bonds. The lowest BCUT2D eigenvalue weighted by molar-refractivity contribution is -0.179. The molecule has 0 aliphatic carbocycles. The molecule has 9 nitrogen and oxygen atoms in total. The second-order valence-corrected chi connectivity index (χ2v) is 7.52. The Kier molecular flexibility index (Phi) is 4.22. The molecule has 2 saturated heterocycles. The highest BCUT2D eigenvalue weighted by Gasteiger charge is 2.67. The molecule has 1 N–H and O–H groups in total. The van der Waals surface area contributed by atoms with Crippen molar-refractivity contribution in [2.45, 2.75) is 63.8 Å². The van der Waals surface area contributed by atoms with E-state index in [1.807, 2.05) is 6.92 Å². The van der Waals surface area contributed by atoms with E-state index in [1.54, 1.807) is 20.8 Å². The predicted molar refractivity (Wildman–Crippen MR) is 85.3 cm³/mol. The Morgan fingerprint density at radius 2 is 2.28 bits per heavy atom. The maximum atomic E-state index is 13.0. The molecule has 0 saturated carbocycles. The smallest absolute Gasteiger partial charge is 0.411 e.